The van der Waals surface area contributed by atoms with Crippen LogP contribution in [0.25, 0.3) is 10.8 Å². The van der Waals surface area contributed by atoms with E-state index in [2.05, 4.69) is 16.5 Å². The summed E-state index contributed by atoms with van der Waals surface area (Å²) < 4.78 is 11.1. The van der Waals surface area contributed by atoms with Crippen LogP contribution in [0.4, 0.5) is 0 Å². The van der Waals surface area contributed by atoms with E-state index in [1.165, 1.54) is 5.12 Å². The molecule has 0 saturated heterocycles. The first kappa shape index (κ1) is 18.8. The van der Waals surface area contributed by atoms with Gasteiger partial charge in [0.2, 0.25) is 0 Å². The molecule has 0 aliphatic rings. The van der Waals surface area contributed by atoms with Crippen molar-refractivity contribution in [2.45, 2.75) is 19.4 Å². The van der Waals surface area contributed by atoms with Crippen molar-refractivity contribution in [2.24, 2.45) is 16.7 Å². The Morgan fingerprint density at radius 1 is 1.24 bits per heavy atom. The number of nitrogens with two attached hydrogens (primary N) is 2. The highest BCUT2D eigenvalue weighted by molar-refractivity contribution is 5.90. The van der Waals surface area contributed by atoms with Gasteiger partial charge in [0, 0.05) is 10.9 Å². The zero-order chi connectivity index (χ0) is 18.4. The van der Waals surface area contributed by atoms with Crippen LogP contribution in [0.2, 0.25) is 0 Å². The Bertz CT molecular complexity index is 744. The molecule has 1 unspecified atom stereocenters. The molecule has 2 aromatic rings. The first-order valence-electron chi connectivity index (χ1n) is 8.15. The average molecular weight is 345 g/mol. The van der Waals surface area contributed by atoms with Gasteiger partial charge in [0.1, 0.15) is 17.3 Å². The van der Waals surface area contributed by atoms with Gasteiger partial charge in [-0.3, -0.25) is 0 Å². The number of nitrogens with zero attached hydrogens (tertiary/aromatic N) is 2. The van der Waals surface area contributed by atoms with Gasteiger partial charge in [0.15, 0.2) is 0 Å². The van der Waals surface area contributed by atoms with E-state index in [9.17, 15) is 0 Å². The largest absolute Gasteiger partial charge is 0.496 e. The maximum Gasteiger partial charge on any atom is 0.126 e. The fourth-order valence-corrected chi connectivity index (χ4v) is 2.87. The Balaban J connectivity index is 2.58. The summed E-state index contributed by atoms with van der Waals surface area (Å²) in [5.41, 5.74) is 6.65. The second-order valence-corrected chi connectivity index (χ2v) is 5.80. The first-order chi connectivity index (χ1) is 12.0. The van der Waals surface area contributed by atoms with E-state index in [1.54, 1.807) is 21.1 Å². The van der Waals surface area contributed by atoms with Gasteiger partial charge in [0.05, 0.1) is 20.3 Å². The summed E-state index contributed by atoms with van der Waals surface area (Å²) in [6.45, 7) is 2.48. The summed E-state index contributed by atoms with van der Waals surface area (Å²) in [4.78, 5) is 0. The standard InChI is InChI=1S/C18H27N5O2/c1-12(19)22-23(20)16(8-9-21-2)15-10-13-6-5-7-17(24-3)14(13)11-18(15)25-4/h5-7,10-11,16,21H,8-9,20H2,1-4H3,(H2,19,22). The molecular formula is C18H27N5O2. The minimum absolute atomic E-state index is 0.184. The average Bonchev–Trinajstić information content (AvgIpc) is 2.60. The lowest BCUT2D eigenvalue weighted by molar-refractivity contribution is 0.196. The van der Waals surface area contributed by atoms with Gasteiger partial charge in [-0.15, -0.1) is 5.10 Å². The molecule has 25 heavy (non-hydrogen) atoms. The summed E-state index contributed by atoms with van der Waals surface area (Å²) in [5.74, 6) is 8.11. The monoisotopic (exact) mass is 345 g/mol. The van der Waals surface area contributed by atoms with Gasteiger partial charge in [-0.1, -0.05) is 12.1 Å². The van der Waals surface area contributed by atoms with E-state index in [-0.39, 0.29) is 6.04 Å². The molecule has 0 heterocycles. The molecule has 5 N–H and O–H groups in total. The van der Waals surface area contributed by atoms with Gasteiger partial charge < -0.3 is 20.5 Å². The van der Waals surface area contributed by atoms with Crippen molar-refractivity contribution in [3.05, 3.63) is 35.9 Å². The van der Waals surface area contributed by atoms with E-state index in [0.717, 1.165) is 40.8 Å². The highest BCUT2D eigenvalue weighted by atomic mass is 16.5. The lowest BCUT2D eigenvalue weighted by Gasteiger charge is -2.27. The molecular weight excluding hydrogens is 318 g/mol. The van der Waals surface area contributed by atoms with Crippen molar-refractivity contribution in [2.75, 3.05) is 27.8 Å². The number of nitrogens with one attached hydrogen (secondary N) is 1. The number of benzene rings is 2. The minimum Gasteiger partial charge on any atom is -0.496 e. The van der Waals surface area contributed by atoms with Crippen LogP contribution in [0.15, 0.2) is 35.4 Å². The fraction of sp³-hybridized carbons (Fsp3) is 0.389. The van der Waals surface area contributed by atoms with Crippen molar-refractivity contribution in [3.8, 4) is 11.5 Å². The molecule has 0 aliphatic heterocycles. The number of hydrazine groups is 1. The molecule has 0 bridgehead atoms. The van der Waals surface area contributed by atoms with Crippen molar-refractivity contribution in [1.82, 2.24) is 10.4 Å². The van der Waals surface area contributed by atoms with Crippen molar-refractivity contribution >= 4 is 16.6 Å². The van der Waals surface area contributed by atoms with Gasteiger partial charge in [0.25, 0.3) is 0 Å². The third-order valence-electron chi connectivity index (χ3n) is 4.03. The molecule has 0 amide bonds. The number of rotatable bonds is 8. The lowest BCUT2D eigenvalue weighted by atomic mass is 9.98. The summed E-state index contributed by atoms with van der Waals surface area (Å²) in [6, 6.07) is 9.78. The predicted octanol–water partition coefficient (Wildman–Crippen LogP) is 1.98. The van der Waals surface area contributed by atoms with Crippen LogP contribution in [0.5, 0.6) is 11.5 Å². The molecule has 136 valence electrons. The first-order valence-corrected chi connectivity index (χ1v) is 8.15. The molecule has 7 nitrogen and oxygen atoms in total. The third-order valence-corrected chi connectivity index (χ3v) is 4.03. The SMILES string of the molecule is CNCCC(c1cc2cccc(OC)c2cc1OC)N(N)/N=C(/C)N. The van der Waals surface area contributed by atoms with E-state index in [1.807, 2.05) is 31.3 Å². The van der Waals surface area contributed by atoms with Crippen LogP contribution < -0.4 is 26.4 Å². The van der Waals surface area contributed by atoms with Gasteiger partial charge in [-0.2, -0.15) is 0 Å². The topological polar surface area (TPSA) is 98.1 Å². The Morgan fingerprint density at radius 3 is 2.56 bits per heavy atom. The molecule has 0 spiro atoms. The molecule has 0 radical (unpaired) electrons. The van der Waals surface area contributed by atoms with Crippen molar-refractivity contribution in [1.29, 1.82) is 0 Å². The summed E-state index contributed by atoms with van der Waals surface area (Å²) in [5, 5.41) is 10.8. The fourth-order valence-electron chi connectivity index (χ4n) is 2.87. The van der Waals surface area contributed by atoms with Crippen LogP contribution in [-0.4, -0.2) is 38.8 Å². The van der Waals surface area contributed by atoms with Crippen LogP contribution in [0.3, 0.4) is 0 Å². The summed E-state index contributed by atoms with van der Waals surface area (Å²) >= 11 is 0. The quantitative estimate of drug-likeness (QED) is 0.293. The Hall–Kier alpha value is -2.51. The molecule has 0 saturated carbocycles. The van der Waals surface area contributed by atoms with E-state index >= 15 is 0 Å². The maximum absolute atomic E-state index is 6.17. The smallest absolute Gasteiger partial charge is 0.126 e. The Kier molecular flexibility index (Phi) is 6.44. The van der Waals surface area contributed by atoms with Crippen LogP contribution in [-0.2, 0) is 0 Å². The van der Waals surface area contributed by atoms with Gasteiger partial charge in [-0.25, -0.2) is 11.0 Å². The molecule has 2 rings (SSSR count). The molecule has 1 atom stereocenters. The van der Waals surface area contributed by atoms with Crippen LogP contribution >= 0.6 is 0 Å². The normalized spacial score (nSPS) is 12.9. The predicted molar refractivity (Wildman–Crippen MR) is 102 cm³/mol. The Labute approximate surface area is 148 Å². The molecule has 2 aromatic carbocycles. The van der Waals surface area contributed by atoms with Crippen molar-refractivity contribution in [3.63, 3.8) is 0 Å². The van der Waals surface area contributed by atoms with E-state index in [4.69, 9.17) is 21.1 Å². The lowest BCUT2D eigenvalue weighted by Crippen LogP contribution is -2.34. The van der Waals surface area contributed by atoms with E-state index in [0.29, 0.717) is 5.84 Å². The summed E-state index contributed by atoms with van der Waals surface area (Å²) in [6.07, 6.45) is 0.746. The molecule has 0 aromatic heterocycles. The zero-order valence-corrected chi connectivity index (χ0v) is 15.2. The number of methoxy groups -OCH3 is 2. The van der Waals surface area contributed by atoms with Crippen LogP contribution in [0, 0.1) is 0 Å². The molecule has 7 heteroatoms. The number of fused-ring (bicyclic) bond motifs is 1. The second kappa shape index (κ2) is 8.55. The number of amidine groups is 1. The number of ether oxygens (including phenoxy) is 2. The number of hydrogen-bond acceptors (Lipinski definition) is 6. The van der Waals surface area contributed by atoms with Gasteiger partial charge >= 0.3 is 0 Å². The number of hydrazone groups is 1. The summed E-state index contributed by atoms with van der Waals surface area (Å²) in [7, 11) is 5.20. The zero-order valence-electron chi connectivity index (χ0n) is 15.2. The Morgan fingerprint density at radius 2 is 1.96 bits per heavy atom. The highest BCUT2D eigenvalue weighted by Crippen LogP contribution is 2.37. The van der Waals surface area contributed by atoms with Crippen LogP contribution in [0.1, 0.15) is 24.9 Å². The third kappa shape index (κ3) is 4.32. The minimum atomic E-state index is -0.184. The van der Waals surface area contributed by atoms with Gasteiger partial charge in [-0.05, 0) is 50.5 Å². The van der Waals surface area contributed by atoms with Crippen molar-refractivity contribution < 1.29 is 9.47 Å². The molecule has 0 fully saturated rings. The maximum atomic E-state index is 6.17. The number of hydrogen-bond donors (Lipinski definition) is 3. The second-order valence-electron chi connectivity index (χ2n) is 5.80. The highest BCUT2D eigenvalue weighted by Gasteiger charge is 2.22. The van der Waals surface area contributed by atoms with E-state index < -0.39 is 0 Å². The molecule has 0 aliphatic carbocycles.